The van der Waals surface area contributed by atoms with E-state index in [0.717, 1.165) is 71.4 Å². The van der Waals surface area contributed by atoms with E-state index in [9.17, 15) is 0 Å². The predicted molar refractivity (Wildman–Crippen MR) is 230 cm³/mol. The van der Waals surface area contributed by atoms with Crippen LogP contribution in [0.15, 0.2) is 186 Å². The van der Waals surface area contributed by atoms with Crippen LogP contribution in [0.3, 0.4) is 0 Å². The maximum absolute atomic E-state index is 6.27. The Morgan fingerprint density at radius 2 is 0.982 bits per heavy atom. The zero-order chi connectivity index (χ0) is 36.7. The van der Waals surface area contributed by atoms with Crippen LogP contribution in [-0.4, -0.2) is 19.5 Å². The second-order valence-corrected chi connectivity index (χ2v) is 14.4. The fraction of sp³-hybridized carbons (Fsp3) is 0. The van der Waals surface area contributed by atoms with E-state index >= 15 is 0 Å². The van der Waals surface area contributed by atoms with Crippen molar-refractivity contribution in [3.05, 3.63) is 182 Å². The summed E-state index contributed by atoms with van der Waals surface area (Å²) < 4.78 is 8.57. The predicted octanol–water partition coefficient (Wildman–Crippen LogP) is 13.3. The third-order valence-corrected chi connectivity index (χ3v) is 11.2. The zero-order valence-corrected chi connectivity index (χ0v) is 30.0. The number of nitrogens with zero attached hydrogens (tertiary/aromatic N) is 4. The first-order valence-corrected chi connectivity index (χ1v) is 18.9. The monoisotopic (exact) mass is 714 g/mol. The second kappa shape index (κ2) is 11.9. The third-order valence-electron chi connectivity index (χ3n) is 11.2. The number of fused-ring (bicyclic) bond motifs is 12. The largest absolute Gasteiger partial charge is 0.456 e. The summed E-state index contributed by atoms with van der Waals surface area (Å²) in [5, 5.41) is 11.5. The van der Waals surface area contributed by atoms with Crippen LogP contribution in [0.2, 0.25) is 0 Å². The van der Waals surface area contributed by atoms with Crippen LogP contribution in [0.1, 0.15) is 0 Å². The summed E-state index contributed by atoms with van der Waals surface area (Å²) in [6, 6.07) is 63.9. The van der Waals surface area contributed by atoms with Crippen molar-refractivity contribution < 1.29 is 4.42 Å². The summed E-state index contributed by atoms with van der Waals surface area (Å²) in [4.78, 5) is 15.9. The first-order chi connectivity index (χ1) is 27.8. The average Bonchev–Trinajstić information content (AvgIpc) is 3.83. The van der Waals surface area contributed by atoms with Crippen molar-refractivity contribution in [3.8, 4) is 39.9 Å². The maximum atomic E-state index is 6.27. The van der Waals surface area contributed by atoms with E-state index in [4.69, 9.17) is 19.4 Å². The van der Waals surface area contributed by atoms with Crippen LogP contribution in [0.4, 0.5) is 0 Å². The van der Waals surface area contributed by atoms with Gasteiger partial charge in [-0.05, 0) is 56.8 Å². The summed E-state index contributed by atoms with van der Waals surface area (Å²) in [7, 11) is 0. The van der Waals surface area contributed by atoms with Gasteiger partial charge in [-0.3, -0.25) is 4.57 Å². The number of rotatable bonds is 4. The molecule has 56 heavy (non-hydrogen) atoms. The molecular weight excluding hydrogens is 685 g/mol. The van der Waals surface area contributed by atoms with E-state index in [2.05, 4.69) is 156 Å². The molecule has 0 bridgehead atoms. The van der Waals surface area contributed by atoms with Crippen molar-refractivity contribution >= 4 is 76.1 Å². The molecule has 0 radical (unpaired) electrons. The van der Waals surface area contributed by atoms with Gasteiger partial charge < -0.3 is 4.42 Å². The Morgan fingerprint density at radius 1 is 0.357 bits per heavy atom. The molecule has 12 rings (SSSR count). The molecular formula is C51H30N4O. The van der Waals surface area contributed by atoms with Gasteiger partial charge in [0.05, 0.1) is 11.0 Å². The molecule has 0 fully saturated rings. The lowest BCUT2D eigenvalue weighted by molar-refractivity contribution is 0.669. The highest BCUT2D eigenvalue weighted by atomic mass is 16.3. The van der Waals surface area contributed by atoms with Crippen LogP contribution >= 0.6 is 0 Å². The number of hydrogen-bond donors (Lipinski definition) is 0. The summed E-state index contributed by atoms with van der Waals surface area (Å²) >= 11 is 0. The highest BCUT2D eigenvalue weighted by molar-refractivity contribution is 6.33. The van der Waals surface area contributed by atoms with E-state index in [1.54, 1.807) is 0 Å². The molecule has 0 saturated carbocycles. The topological polar surface area (TPSA) is 56.7 Å². The molecule has 3 aromatic heterocycles. The van der Waals surface area contributed by atoms with Gasteiger partial charge in [-0.2, -0.15) is 9.97 Å². The molecule has 0 unspecified atom stereocenters. The smallest absolute Gasteiger partial charge is 0.238 e. The maximum Gasteiger partial charge on any atom is 0.238 e. The molecule has 0 aliphatic carbocycles. The van der Waals surface area contributed by atoms with Crippen molar-refractivity contribution in [2.75, 3.05) is 0 Å². The van der Waals surface area contributed by atoms with E-state index in [1.165, 1.54) is 26.9 Å². The lowest BCUT2D eigenvalue weighted by Gasteiger charge is -2.14. The normalized spacial score (nSPS) is 11.9. The molecule has 0 spiro atoms. The van der Waals surface area contributed by atoms with Gasteiger partial charge in [-0.15, -0.1) is 0 Å². The number of para-hydroxylation sites is 2. The quantitative estimate of drug-likeness (QED) is 0.170. The molecule has 12 aromatic rings. The molecule has 5 heteroatoms. The minimum absolute atomic E-state index is 0.560. The Bertz CT molecular complexity index is 3540. The van der Waals surface area contributed by atoms with Gasteiger partial charge in [0.15, 0.2) is 11.6 Å². The van der Waals surface area contributed by atoms with E-state index in [1.807, 2.05) is 30.3 Å². The minimum Gasteiger partial charge on any atom is -0.456 e. The van der Waals surface area contributed by atoms with Gasteiger partial charge in [0.2, 0.25) is 5.95 Å². The van der Waals surface area contributed by atoms with E-state index in [0.29, 0.717) is 17.6 Å². The fourth-order valence-corrected chi connectivity index (χ4v) is 8.69. The van der Waals surface area contributed by atoms with E-state index in [-0.39, 0.29) is 0 Å². The molecule has 9 aromatic carbocycles. The van der Waals surface area contributed by atoms with Gasteiger partial charge >= 0.3 is 0 Å². The molecule has 0 aliphatic rings. The molecule has 0 amide bonds. The Kier molecular flexibility index (Phi) is 6.56. The van der Waals surface area contributed by atoms with Gasteiger partial charge in [0.1, 0.15) is 11.2 Å². The Hall–Kier alpha value is -7.63. The van der Waals surface area contributed by atoms with E-state index < -0.39 is 0 Å². The molecule has 260 valence electrons. The highest BCUT2D eigenvalue weighted by Crippen LogP contribution is 2.45. The number of hydrogen-bond acceptors (Lipinski definition) is 4. The standard InChI is InChI=1S/C51H30N4O/c1-2-14-32(15-3-1)49-52-50(35-26-25-31-13-4-5-16-33(31)29-35)54-51(53-49)55-47-36(34-27-28-45-43(30-34)39-19-10-11-24-44(39)56-45)22-12-23-42(47)46-40-20-8-6-17-37(40)38-18-7-9-21-41(38)48(46)55/h1-30H. The van der Waals surface area contributed by atoms with Gasteiger partial charge in [0, 0.05) is 43.6 Å². The molecule has 3 heterocycles. The van der Waals surface area contributed by atoms with Crippen LogP contribution in [-0.2, 0) is 0 Å². The molecule has 5 nitrogen and oxygen atoms in total. The summed E-state index contributed by atoms with van der Waals surface area (Å²) in [6.07, 6.45) is 0. The molecule has 0 atom stereocenters. The Labute approximate surface area is 320 Å². The Balaban J connectivity index is 1.25. The van der Waals surface area contributed by atoms with Crippen molar-refractivity contribution in [2.45, 2.75) is 0 Å². The lowest BCUT2D eigenvalue weighted by atomic mass is 9.95. The number of furan rings is 1. The first-order valence-electron chi connectivity index (χ1n) is 18.9. The Morgan fingerprint density at radius 3 is 1.82 bits per heavy atom. The van der Waals surface area contributed by atoms with Gasteiger partial charge in [-0.1, -0.05) is 158 Å². The summed E-state index contributed by atoms with van der Waals surface area (Å²) in [5.74, 6) is 1.79. The van der Waals surface area contributed by atoms with Gasteiger partial charge in [0.25, 0.3) is 0 Å². The molecule has 0 N–H and O–H groups in total. The van der Waals surface area contributed by atoms with Crippen LogP contribution in [0.5, 0.6) is 0 Å². The second-order valence-electron chi connectivity index (χ2n) is 14.4. The van der Waals surface area contributed by atoms with Crippen molar-refractivity contribution in [2.24, 2.45) is 0 Å². The lowest BCUT2D eigenvalue weighted by Crippen LogP contribution is -2.07. The molecule has 0 aliphatic heterocycles. The van der Waals surface area contributed by atoms with Crippen LogP contribution in [0.25, 0.3) is 116 Å². The molecule has 0 saturated heterocycles. The number of benzene rings is 9. The third kappa shape index (κ3) is 4.58. The van der Waals surface area contributed by atoms with Gasteiger partial charge in [-0.25, -0.2) is 4.98 Å². The fourth-order valence-electron chi connectivity index (χ4n) is 8.69. The zero-order valence-electron chi connectivity index (χ0n) is 30.0. The van der Waals surface area contributed by atoms with Crippen molar-refractivity contribution in [3.63, 3.8) is 0 Å². The highest BCUT2D eigenvalue weighted by Gasteiger charge is 2.24. The van der Waals surface area contributed by atoms with Crippen LogP contribution in [0, 0.1) is 0 Å². The summed E-state index contributed by atoms with van der Waals surface area (Å²) in [5.41, 5.74) is 7.85. The first kappa shape index (κ1) is 30.8. The average molecular weight is 715 g/mol. The van der Waals surface area contributed by atoms with Crippen LogP contribution < -0.4 is 0 Å². The van der Waals surface area contributed by atoms with Crippen molar-refractivity contribution in [1.29, 1.82) is 0 Å². The SMILES string of the molecule is c1ccc(-c2nc(-c3ccc4ccccc4c3)nc(-n3c4c(-c5ccc6oc7ccccc7c6c5)cccc4c4c5ccccc5c5ccccc5c43)n2)cc1. The van der Waals surface area contributed by atoms with Crippen molar-refractivity contribution in [1.82, 2.24) is 19.5 Å². The minimum atomic E-state index is 0.560. The number of aromatic nitrogens is 4. The summed E-state index contributed by atoms with van der Waals surface area (Å²) in [6.45, 7) is 0.